The quantitative estimate of drug-likeness (QED) is 0.624. The maximum atomic E-state index is 12.3. The number of hydrogen-bond donors (Lipinski definition) is 0. The molecule has 0 aromatic heterocycles. The first-order valence-electron chi connectivity index (χ1n) is 5.98. The second-order valence-electron chi connectivity index (χ2n) is 5.31. The summed E-state index contributed by atoms with van der Waals surface area (Å²) >= 11 is 3.21. The summed E-state index contributed by atoms with van der Waals surface area (Å²) in [7, 11) is 0. The molecule has 2 bridgehead atoms. The second kappa shape index (κ2) is 3.77. The van der Waals surface area contributed by atoms with E-state index >= 15 is 0 Å². The number of ketones is 2. The van der Waals surface area contributed by atoms with Crippen LogP contribution >= 0.6 is 23.5 Å². The van der Waals surface area contributed by atoms with E-state index < -0.39 is 4.08 Å². The maximum absolute atomic E-state index is 12.3. The van der Waals surface area contributed by atoms with Crippen LogP contribution in [0.3, 0.4) is 0 Å². The minimum atomic E-state index is -0.698. The van der Waals surface area contributed by atoms with Crippen molar-refractivity contribution in [2.75, 3.05) is 5.75 Å². The molecule has 2 nitrogen and oxygen atoms in total. The van der Waals surface area contributed by atoms with Crippen molar-refractivity contribution in [2.24, 2.45) is 11.8 Å². The molecule has 0 N–H and O–H groups in total. The van der Waals surface area contributed by atoms with E-state index in [-0.39, 0.29) is 11.6 Å². The van der Waals surface area contributed by atoms with E-state index in [1.165, 1.54) is 0 Å². The molecule has 0 radical (unpaired) electrons. The van der Waals surface area contributed by atoms with Crippen LogP contribution in [0.4, 0.5) is 0 Å². The van der Waals surface area contributed by atoms with Gasteiger partial charge in [0.05, 0.1) is 0 Å². The van der Waals surface area contributed by atoms with Crippen LogP contribution in [-0.4, -0.2) is 26.6 Å². The van der Waals surface area contributed by atoms with Gasteiger partial charge in [-0.2, -0.15) is 0 Å². The Morgan fingerprint density at radius 1 is 1.12 bits per heavy atom. The molecule has 1 atom stereocenters. The van der Waals surface area contributed by atoms with Crippen molar-refractivity contribution < 1.29 is 9.59 Å². The molecule has 1 heterocycles. The monoisotopic (exact) mass is 256 g/mol. The molecule has 3 saturated carbocycles. The topological polar surface area (TPSA) is 34.1 Å². The van der Waals surface area contributed by atoms with Gasteiger partial charge in [0, 0.05) is 23.8 Å². The maximum Gasteiger partial charge on any atom is 0.178 e. The fourth-order valence-electron chi connectivity index (χ4n) is 3.03. The second-order valence-corrected chi connectivity index (χ2v) is 8.46. The standard InChI is InChI=1S/C12H16O2S2/c1-7-6-15-12(16-7)10(13)4-8-2-9(3-8)5-11(12)14/h7-9H,2-6H2,1H3. The Hall–Kier alpha value is 0.0400. The zero-order valence-electron chi connectivity index (χ0n) is 9.40. The Labute approximate surface area is 104 Å². The Morgan fingerprint density at radius 2 is 1.69 bits per heavy atom. The molecule has 3 aliphatic carbocycles. The summed E-state index contributed by atoms with van der Waals surface area (Å²) in [5.74, 6) is 2.52. The van der Waals surface area contributed by atoms with Crippen molar-refractivity contribution in [3.05, 3.63) is 0 Å². The Kier molecular flexibility index (Phi) is 2.63. The number of fused-ring (bicyclic) bond motifs is 2. The van der Waals surface area contributed by atoms with Gasteiger partial charge in [0.15, 0.2) is 15.6 Å². The highest BCUT2D eigenvalue weighted by molar-refractivity contribution is 8.23. The number of thioether (sulfide) groups is 2. The lowest BCUT2D eigenvalue weighted by atomic mass is 9.68. The lowest BCUT2D eigenvalue weighted by molar-refractivity contribution is -0.131. The van der Waals surface area contributed by atoms with Gasteiger partial charge in [-0.15, -0.1) is 23.5 Å². The van der Waals surface area contributed by atoms with E-state index in [9.17, 15) is 9.59 Å². The van der Waals surface area contributed by atoms with E-state index in [1.54, 1.807) is 23.5 Å². The summed E-state index contributed by atoms with van der Waals surface area (Å²) in [5, 5.41) is 0.439. The van der Waals surface area contributed by atoms with Gasteiger partial charge in [-0.1, -0.05) is 6.92 Å². The van der Waals surface area contributed by atoms with Crippen molar-refractivity contribution in [2.45, 2.75) is 41.9 Å². The van der Waals surface area contributed by atoms with Crippen LogP contribution in [-0.2, 0) is 9.59 Å². The third-order valence-corrected chi connectivity index (χ3v) is 7.64. The van der Waals surface area contributed by atoms with Gasteiger partial charge in [0.2, 0.25) is 0 Å². The van der Waals surface area contributed by atoms with Gasteiger partial charge in [-0.3, -0.25) is 9.59 Å². The molecule has 1 saturated heterocycles. The molecule has 0 aromatic carbocycles. The molecule has 16 heavy (non-hydrogen) atoms. The lowest BCUT2D eigenvalue weighted by Gasteiger charge is -2.41. The Balaban J connectivity index is 1.89. The van der Waals surface area contributed by atoms with E-state index in [2.05, 4.69) is 6.92 Å². The van der Waals surface area contributed by atoms with Crippen LogP contribution < -0.4 is 0 Å². The molecule has 4 heteroatoms. The number of Topliss-reactive ketones (excluding diaryl/α,β-unsaturated/α-hetero) is 2. The van der Waals surface area contributed by atoms with Crippen LogP contribution in [0.15, 0.2) is 0 Å². The van der Waals surface area contributed by atoms with Gasteiger partial charge >= 0.3 is 0 Å². The summed E-state index contributed by atoms with van der Waals surface area (Å²) in [4.78, 5) is 24.6. The van der Waals surface area contributed by atoms with Crippen molar-refractivity contribution in [1.82, 2.24) is 0 Å². The predicted octanol–water partition coefficient (Wildman–Crippen LogP) is 2.51. The predicted molar refractivity (Wildman–Crippen MR) is 67.7 cm³/mol. The minimum Gasteiger partial charge on any atom is -0.297 e. The number of carbonyl (C=O) groups excluding carboxylic acids is 2. The third-order valence-electron chi connectivity index (χ3n) is 3.90. The minimum absolute atomic E-state index is 0.208. The summed E-state index contributed by atoms with van der Waals surface area (Å²) < 4.78 is -0.698. The zero-order chi connectivity index (χ0) is 11.3. The SMILES string of the molecule is CC1CSC2(S1)C(=O)CC1CC(CC2=O)C1. The van der Waals surface area contributed by atoms with E-state index in [1.807, 2.05) is 0 Å². The largest absolute Gasteiger partial charge is 0.297 e. The van der Waals surface area contributed by atoms with Gasteiger partial charge in [-0.05, 0) is 24.7 Å². The molecule has 1 aliphatic heterocycles. The smallest absolute Gasteiger partial charge is 0.178 e. The normalized spacial score (nSPS) is 47.7. The average molecular weight is 256 g/mol. The third kappa shape index (κ3) is 1.57. The zero-order valence-corrected chi connectivity index (χ0v) is 11.0. The first-order valence-corrected chi connectivity index (χ1v) is 7.85. The first kappa shape index (κ1) is 11.1. The molecule has 4 rings (SSSR count). The van der Waals surface area contributed by atoms with Crippen molar-refractivity contribution in [3.63, 3.8) is 0 Å². The molecule has 0 aromatic rings. The highest BCUT2D eigenvalue weighted by atomic mass is 32.2. The van der Waals surface area contributed by atoms with Gasteiger partial charge in [-0.25, -0.2) is 0 Å². The molecule has 0 amide bonds. The van der Waals surface area contributed by atoms with Crippen molar-refractivity contribution in [3.8, 4) is 0 Å². The van der Waals surface area contributed by atoms with Crippen LogP contribution in [0.2, 0.25) is 0 Å². The lowest BCUT2D eigenvalue weighted by Crippen LogP contribution is -2.46. The van der Waals surface area contributed by atoms with Crippen LogP contribution in [0.5, 0.6) is 0 Å². The fourth-order valence-corrected chi connectivity index (χ4v) is 6.43. The Morgan fingerprint density at radius 3 is 2.12 bits per heavy atom. The van der Waals surface area contributed by atoms with Crippen molar-refractivity contribution in [1.29, 1.82) is 0 Å². The molecule has 1 spiro atoms. The number of rotatable bonds is 0. The van der Waals surface area contributed by atoms with Crippen molar-refractivity contribution >= 4 is 35.1 Å². The molecular formula is C12H16O2S2. The van der Waals surface area contributed by atoms with Gasteiger partial charge < -0.3 is 0 Å². The first-order chi connectivity index (χ1) is 7.60. The van der Waals surface area contributed by atoms with Crippen LogP contribution in [0.1, 0.15) is 32.6 Å². The summed E-state index contributed by atoms with van der Waals surface area (Å²) in [6.45, 7) is 2.12. The molecule has 4 aliphatic rings. The highest BCUT2D eigenvalue weighted by Gasteiger charge is 2.54. The molecule has 4 fully saturated rings. The van der Waals surface area contributed by atoms with E-state index in [4.69, 9.17) is 0 Å². The van der Waals surface area contributed by atoms with E-state index in [0.29, 0.717) is 29.9 Å². The molecular weight excluding hydrogens is 240 g/mol. The summed E-state index contributed by atoms with van der Waals surface area (Å²) in [5.41, 5.74) is 0. The molecule has 88 valence electrons. The average Bonchev–Trinajstić information content (AvgIpc) is 2.57. The number of hydrogen-bond acceptors (Lipinski definition) is 4. The van der Waals surface area contributed by atoms with Gasteiger partial charge in [0.25, 0.3) is 0 Å². The number of carbonyl (C=O) groups is 2. The fraction of sp³-hybridized carbons (Fsp3) is 0.833. The van der Waals surface area contributed by atoms with Gasteiger partial charge in [0.1, 0.15) is 0 Å². The Bertz CT molecular complexity index is 325. The summed E-state index contributed by atoms with van der Waals surface area (Å²) in [6, 6.07) is 0. The highest BCUT2D eigenvalue weighted by Crippen LogP contribution is 2.54. The molecule has 1 unspecified atom stereocenters. The van der Waals surface area contributed by atoms with E-state index in [0.717, 1.165) is 18.6 Å². The van der Waals surface area contributed by atoms with Crippen LogP contribution in [0, 0.1) is 11.8 Å². The van der Waals surface area contributed by atoms with Crippen LogP contribution in [0.25, 0.3) is 0 Å². The summed E-state index contributed by atoms with van der Waals surface area (Å²) in [6.07, 6.45) is 3.51.